The fraction of sp³-hybridized carbons (Fsp3) is 0.600. The Morgan fingerprint density at radius 3 is 2.67 bits per heavy atom. The van der Waals surface area contributed by atoms with Gasteiger partial charge in [-0.15, -0.1) is 0 Å². The first-order valence-electron chi connectivity index (χ1n) is 7.43. The number of sulfonamides is 1. The first kappa shape index (κ1) is 16.4. The summed E-state index contributed by atoms with van der Waals surface area (Å²) in [6, 6.07) is 5.28. The van der Waals surface area contributed by atoms with Crippen LogP contribution in [0.25, 0.3) is 0 Å². The van der Waals surface area contributed by atoms with Crippen LogP contribution >= 0.6 is 0 Å². The summed E-state index contributed by atoms with van der Waals surface area (Å²) in [6.45, 7) is 6.80. The van der Waals surface area contributed by atoms with Gasteiger partial charge in [0.1, 0.15) is 0 Å². The van der Waals surface area contributed by atoms with E-state index in [4.69, 9.17) is 4.74 Å². The zero-order chi connectivity index (χ0) is 15.3. The molecule has 0 bridgehead atoms. The maximum atomic E-state index is 12.5. The normalized spacial score (nSPS) is 17.0. The quantitative estimate of drug-likeness (QED) is 0.836. The van der Waals surface area contributed by atoms with Crippen LogP contribution in [-0.4, -0.2) is 34.2 Å². The smallest absolute Gasteiger partial charge is 0.240 e. The summed E-state index contributed by atoms with van der Waals surface area (Å²) in [4.78, 5) is 0.340. The van der Waals surface area contributed by atoms with Crippen molar-refractivity contribution in [2.45, 2.75) is 44.2 Å². The van der Waals surface area contributed by atoms with Gasteiger partial charge in [0.2, 0.25) is 10.0 Å². The van der Waals surface area contributed by atoms with Crippen LogP contribution in [0.1, 0.15) is 30.9 Å². The van der Waals surface area contributed by atoms with Crippen molar-refractivity contribution in [2.75, 3.05) is 19.8 Å². The SMILES string of the molecule is CCNCc1cc(S(=O)(=O)NC2CCOCC2)ccc1C. The fourth-order valence-corrected chi connectivity index (χ4v) is 3.72. The maximum absolute atomic E-state index is 12.5. The molecule has 0 atom stereocenters. The minimum atomic E-state index is -3.46. The van der Waals surface area contributed by atoms with Gasteiger partial charge in [-0.1, -0.05) is 13.0 Å². The zero-order valence-electron chi connectivity index (χ0n) is 12.7. The lowest BCUT2D eigenvalue weighted by Gasteiger charge is -2.23. The molecule has 21 heavy (non-hydrogen) atoms. The molecule has 0 spiro atoms. The Labute approximate surface area is 127 Å². The zero-order valence-corrected chi connectivity index (χ0v) is 13.5. The number of rotatable bonds is 6. The molecule has 1 aromatic carbocycles. The van der Waals surface area contributed by atoms with Crippen molar-refractivity contribution in [3.8, 4) is 0 Å². The Balaban J connectivity index is 2.14. The van der Waals surface area contributed by atoms with Gasteiger partial charge < -0.3 is 10.1 Å². The van der Waals surface area contributed by atoms with Gasteiger partial charge in [0.05, 0.1) is 4.90 Å². The van der Waals surface area contributed by atoms with E-state index in [2.05, 4.69) is 10.0 Å². The monoisotopic (exact) mass is 312 g/mol. The highest BCUT2D eigenvalue weighted by molar-refractivity contribution is 7.89. The van der Waals surface area contributed by atoms with E-state index in [0.29, 0.717) is 24.7 Å². The molecule has 0 amide bonds. The number of aryl methyl sites for hydroxylation is 1. The Bertz CT molecular complexity index is 566. The van der Waals surface area contributed by atoms with Crippen LogP contribution in [0, 0.1) is 6.92 Å². The lowest BCUT2D eigenvalue weighted by molar-refractivity contribution is 0.0832. The molecule has 1 aliphatic rings. The summed E-state index contributed by atoms with van der Waals surface area (Å²) in [5.41, 5.74) is 2.12. The highest BCUT2D eigenvalue weighted by Crippen LogP contribution is 2.17. The van der Waals surface area contributed by atoms with Crippen LogP contribution in [0.2, 0.25) is 0 Å². The van der Waals surface area contributed by atoms with E-state index < -0.39 is 10.0 Å². The van der Waals surface area contributed by atoms with Gasteiger partial charge in [-0.05, 0) is 49.6 Å². The highest BCUT2D eigenvalue weighted by Gasteiger charge is 2.22. The van der Waals surface area contributed by atoms with E-state index in [0.717, 1.165) is 30.5 Å². The van der Waals surface area contributed by atoms with Crippen molar-refractivity contribution in [2.24, 2.45) is 0 Å². The number of hydrogen-bond acceptors (Lipinski definition) is 4. The third kappa shape index (κ3) is 4.51. The Morgan fingerprint density at radius 2 is 2.00 bits per heavy atom. The maximum Gasteiger partial charge on any atom is 0.240 e. The van der Waals surface area contributed by atoms with Crippen molar-refractivity contribution >= 4 is 10.0 Å². The van der Waals surface area contributed by atoms with Gasteiger partial charge in [0.15, 0.2) is 0 Å². The number of nitrogens with one attached hydrogen (secondary N) is 2. The van der Waals surface area contributed by atoms with Crippen molar-refractivity contribution in [1.29, 1.82) is 0 Å². The minimum absolute atomic E-state index is 0.0257. The molecule has 1 aliphatic heterocycles. The molecular formula is C15H24N2O3S. The van der Waals surface area contributed by atoms with E-state index in [1.54, 1.807) is 12.1 Å². The molecule has 0 saturated carbocycles. The molecule has 2 rings (SSSR count). The molecule has 0 aromatic heterocycles. The van der Waals surface area contributed by atoms with Gasteiger partial charge in [-0.25, -0.2) is 13.1 Å². The highest BCUT2D eigenvalue weighted by atomic mass is 32.2. The van der Waals surface area contributed by atoms with E-state index in [1.165, 1.54) is 0 Å². The van der Waals surface area contributed by atoms with E-state index in [9.17, 15) is 8.42 Å². The van der Waals surface area contributed by atoms with Crippen LogP contribution in [-0.2, 0) is 21.3 Å². The standard InChI is InChI=1S/C15H24N2O3S/c1-3-16-11-13-10-15(5-4-12(13)2)21(18,19)17-14-6-8-20-9-7-14/h4-5,10,14,16-17H,3,6-9,11H2,1-2H3. The average Bonchev–Trinajstić information content (AvgIpc) is 2.47. The molecule has 1 saturated heterocycles. The fourth-order valence-electron chi connectivity index (χ4n) is 2.37. The largest absolute Gasteiger partial charge is 0.381 e. The Morgan fingerprint density at radius 1 is 1.29 bits per heavy atom. The summed E-state index contributed by atoms with van der Waals surface area (Å²) in [5.74, 6) is 0. The number of benzene rings is 1. The second-order valence-corrected chi connectivity index (χ2v) is 7.09. The van der Waals surface area contributed by atoms with Crippen LogP contribution < -0.4 is 10.0 Å². The third-order valence-corrected chi connectivity index (χ3v) is 5.26. The molecule has 1 aromatic rings. The molecule has 0 aliphatic carbocycles. The van der Waals surface area contributed by atoms with Crippen molar-refractivity contribution in [1.82, 2.24) is 10.0 Å². The Kier molecular flexibility index (Phi) is 5.75. The first-order valence-corrected chi connectivity index (χ1v) is 8.91. The molecule has 0 unspecified atom stereocenters. The molecule has 2 N–H and O–H groups in total. The van der Waals surface area contributed by atoms with Crippen LogP contribution in [0.4, 0.5) is 0 Å². The first-order chi connectivity index (χ1) is 10.0. The second-order valence-electron chi connectivity index (χ2n) is 5.38. The molecule has 6 heteroatoms. The van der Waals surface area contributed by atoms with Crippen LogP contribution in [0.5, 0.6) is 0 Å². The summed E-state index contributed by atoms with van der Waals surface area (Å²) < 4.78 is 33.0. The second kappa shape index (κ2) is 7.35. The Hall–Kier alpha value is -0.950. The van der Waals surface area contributed by atoms with E-state index in [1.807, 2.05) is 19.9 Å². The molecule has 0 radical (unpaired) electrons. The van der Waals surface area contributed by atoms with Gasteiger partial charge in [0.25, 0.3) is 0 Å². The minimum Gasteiger partial charge on any atom is -0.381 e. The average molecular weight is 312 g/mol. The number of hydrogen-bond donors (Lipinski definition) is 2. The predicted octanol–water partition coefficient (Wildman–Crippen LogP) is 1.56. The predicted molar refractivity (Wildman–Crippen MR) is 82.7 cm³/mol. The van der Waals surface area contributed by atoms with Crippen LogP contribution in [0.3, 0.4) is 0 Å². The molecule has 1 heterocycles. The van der Waals surface area contributed by atoms with E-state index in [-0.39, 0.29) is 6.04 Å². The number of ether oxygens (including phenoxy) is 1. The van der Waals surface area contributed by atoms with E-state index >= 15 is 0 Å². The molecule has 118 valence electrons. The molecular weight excluding hydrogens is 288 g/mol. The summed E-state index contributed by atoms with van der Waals surface area (Å²) in [6.07, 6.45) is 1.46. The van der Waals surface area contributed by atoms with Gasteiger partial charge in [0, 0.05) is 25.8 Å². The van der Waals surface area contributed by atoms with Crippen molar-refractivity contribution in [3.63, 3.8) is 0 Å². The van der Waals surface area contributed by atoms with Gasteiger partial charge in [-0.2, -0.15) is 0 Å². The summed E-state index contributed by atoms with van der Waals surface area (Å²) in [5, 5.41) is 3.23. The summed E-state index contributed by atoms with van der Waals surface area (Å²) in [7, 11) is -3.46. The van der Waals surface area contributed by atoms with Crippen molar-refractivity contribution in [3.05, 3.63) is 29.3 Å². The third-order valence-electron chi connectivity index (χ3n) is 3.74. The van der Waals surface area contributed by atoms with Gasteiger partial charge >= 0.3 is 0 Å². The molecule has 1 fully saturated rings. The van der Waals surface area contributed by atoms with Crippen LogP contribution in [0.15, 0.2) is 23.1 Å². The summed E-state index contributed by atoms with van der Waals surface area (Å²) >= 11 is 0. The van der Waals surface area contributed by atoms with Crippen molar-refractivity contribution < 1.29 is 13.2 Å². The van der Waals surface area contributed by atoms with Gasteiger partial charge in [-0.3, -0.25) is 0 Å². The lowest BCUT2D eigenvalue weighted by atomic mass is 10.1. The lowest BCUT2D eigenvalue weighted by Crippen LogP contribution is -2.38. The molecule has 5 nitrogen and oxygen atoms in total. The topological polar surface area (TPSA) is 67.4 Å².